The SMILES string of the molecule is CCCCCCCCCCCCCCCCCCO.[CH2-]CCCCCCCCCCCCCCCCC.[CH2-]CCCCCCCCCCCCCCCCC.[O]=[V]=[O]. The Labute approximate surface area is 376 Å². The first kappa shape index (κ1) is 64.8. The first-order valence-corrected chi connectivity index (χ1v) is 27.9. The Balaban J connectivity index is -0.000000364. The fourth-order valence-corrected chi connectivity index (χ4v) is 7.76. The van der Waals surface area contributed by atoms with Crippen molar-refractivity contribution in [1.29, 1.82) is 0 Å². The number of hydrogen-bond acceptors (Lipinski definition) is 3. The molecule has 4 heteroatoms. The maximum atomic E-state index is 8.67. The third kappa shape index (κ3) is 80.2. The van der Waals surface area contributed by atoms with Gasteiger partial charge in [0.25, 0.3) is 0 Å². The molecule has 0 amide bonds. The van der Waals surface area contributed by atoms with Gasteiger partial charge in [-0.1, -0.05) is 310 Å². The second-order valence-corrected chi connectivity index (χ2v) is 17.9. The minimum absolute atomic E-state index is 0.373. The van der Waals surface area contributed by atoms with Crippen LogP contribution in [-0.4, -0.2) is 11.7 Å². The van der Waals surface area contributed by atoms with Gasteiger partial charge in [0.2, 0.25) is 0 Å². The quantitative estimate of drug-likeness (QED) is 0.0490. The van der Waals surface area contributed by atoms with Crippen molar-refractivity contribution in [1.82, 2.24) is 0 Å². The van der Waals surface area contributed by atoms with Crippen LogP contribution in [0.15, 0.2) is 0 Å². The van der Waals surface area contributed by atoms with Crippen LogP contribution in [-0.2, 0) is 23.5 Å². The fraction of sp³-hybridized carbons (Fsp3) is 0.963. The van der Waals surface area contributed by atoms with Crippen LogP contribution in [0.1, 0.15) is 329 Å². The van der Waals surface area contributed by atoms with E-state index in [0.29, 0.717) is 6.61 Å². The Morgan fingerprint density at radius 1 is 0.259 bits per heavy atom. The van der Waals surface area contributed by atoms with Crippen LogP contribution in [0.5, 0.6) is 0 Å². The molecule has 353 valence electrons. The van der Waals surface area contributed by atoms with Crippen LogP contribution in [0.3, 0.4) is 0 Å². The average Bonchev–Trinajstić information content (AvgIpc) is 3.23. The third-order valence-electron chi connectivity index (χ3n) is 11.7. The summed E-state index contributed by atoms with van der Waals surface area (Å²) in [7, 11) is 0. The molecule has 0 atom stereocenters. The van der Waals surface area contributed by atoms with Gasteiger partial charge >= 0.3 is 23.5 Å². The Morgan fingerprint density at radius 3 is 0.500 bits per heavy atom. The molecule has 0 aliphatic rings. The van der Waals surface area contributed by atoms with Crippen LogP contribution >= 0.6 is 0 Å². The topological polar surface area (TPSA) is 54.4 Å². The van der Waals surface area contributed by atoms with Crippen LogP contribution in [0, 0.1) is 13.8 Å². The van der Waals surface area contributed by atoms with Crippen molar-refractivity contribution in [3.63, 3.8) is 0 Å². The van der Waals surface area contributed by atoms with Crippen molar-refractivity contribution in [2.45, 2.75) is 329 Å². The van der Waals surface area contributed by atoms with Gasteiger partial charge in [-0.2, -0.15) is 12.8 Å². The molecule has 0 aromatic heterocycles. The van der Waals surface area contributed by atoms with Crippen molar-refractivity contribution in [2.24, 2.45) is 0 Å². The standard InChI is InChI=1S/C18H38O.2C18H37.2O.V/c1-2-3-4-5-6-7-8-9-10-11-12-13-14-15-16-17-18-19;2*1-3-5-7-9-11-13-15-17-18-16-14-12-10-8-6-4-2;;;/h19H,2-18H2,1H3;2*1,3-18H2,2H3;;;/q;2*-1;;;. The van der Waals surface area contributed by atoms with E-state index in [4.69, 9.17) is 12.5 Å². The van der Waals surface area contributed by atoms with Gasteiger partial charge < -0.3 is 19.0 Å². The Kier molecular flexibility index (Phi) is 80.0. The average molecular weight is 860 g/mol. The summed E-state index contributed by atoms with van der Waals surface area (Å²) >= 11 is -1.81. The van der Waals surface area contributed by atoms with Gasteiger partial charge in [0, 0.05) is 6.61 Å². The van der Waals surface area contributed by atoms with Crippen molar-refractivity contribution in [2.75, 3.05) is 6.61 Å². The van der Waals surface area contributed by atoms with E-state index in [0.717, 1.165) is 19.3 Å². The summed E-state index contributed by atoms with van der Waals surface area (Å²) in [4.78, 5) is 0. The third-order valence-corrected chi connectivity index (χ3v) is 11.7. The normalized spacial score (nSPS) is 10.6. The summed E-state index contributed by atoms with van der Waals surface area (Å²) in [5, 5.41) is 8.67. The molecular formula is C54H112O3V-2. The second kappa shape index (κ2) is 71.6. The molecule has 58 heavy (non-hydrogen) atoms. The molecule has 0 saturated carbocycles. The number of hydrogen-bond donors (Lipinski definition) is 1. The van der Waals surface area contributed by atoms with E-state index in [1.165, 1.54) is 289 Å². The predicted molar refractivity (Wildman–Crippen MR) is 258 cm³/mol. The summed E-state index contributed by atoms with van der Waals surface area (Å²) in [6.45, 7) is 15.0. The van der Waals surface area contributed by atoms with Crippen LogP contribution in [0.2, 0.25) is 0 Å². The molecular weight excluding hydrogens is 748 g/mol. The Hall–Kier alpha value is 0.144. The van der Waals surface area contributed by atoms with Crippen LogP contribution < -0.4 is 0 Å². The first-order chi connectivity index (χ1) is 28.7. The van der Waals surface area contributed by atoms with Crippen molar-refractivity contribution >= 4 is 0 Å². The molecule has 0 aromatic carbocycles. The molecule has 1 N–H and O–H groups in total. The van der Waals surface area contributed by atoms with Gasteiger partial charge in [-0.3, -0.25) is 0 Å². The zero-order valence-electron chi connectivity index (χ0n) is 40.8. The molecule has 0 aliphatic heterocycles. The van der Waals surface area contributed by atoms with Crippen LogP contribution in [0.4, 0.5) is 0 Å². The predicted octanol–water partition coefficient (Wildman–Crippen LogP) is 20.2. The Bertz CT molecular complexity index is 570. The molecule has 0 heterocycles. The number of unbranched alkanes of at least 4 members (excludes halogenated alkanes) is 45. The Morgan fingerprint density at radius 2 is 0.379 bits per heavy atom. The van der Waals surface area contributed by atoms with E-state index in [1.807, 2.05) is 0 Å². The molecule has 0 aromatic rings. The van der Waals surface area contributed by atoms with Gasteiger partial charge in [-0.05, 0) is 6.42 Å². The van der Waals surface area contributed by atoms with Gasteiger partial charge in [0.1, 0.15) is 0 Å². The molecule has 0 unspecified atom stereocenters. The molecule has 0 fully saturated rings. The van der Waals surface area contributed by atoms with Crippen molar-refractivity contribution in [3.05, 3.63) is 13.8 Å². The fourth-order valence-electron chi connectivity index (χ4n) is 7.76. The molecule has 0 spiro atoms. The monoisotopic (exact) mass is 860 g/mol. The molecule has 0 saturated heterocycles. The van der Waals surface area contributed by atoms with Gasteiger partial charge in [-0.25, -0.2) is 0 Å². The molecule has 0 bridgehead atoms. The minimum atomic E-state index is -1.81. The van der Waals surface area contributed by atoms with Crippen molar-refractivity contribution < 1.29 is 28.6 Å². The van der Waals surface area contributed by atoms with E-state index in [1.54, 1.807) is 0 Å². The summed E-state index contributed by atoms with van der Waals surface area (Å²) in [5.74, 6) is 0. The molecule has 0 aliphatic carbocycles. The summed E-state index contributed by atoms with van der Waals surface area (Å²) in [6, 6.07) is 0. The van der Waals surface area contributed by atoms with Crippen molar-refractivity contribution in [3.8, 4) is 0 Å². The van der Waals surface area contributed by atoms with E-state index in [9.17, 15) is 0 Å². The number of aliphatic hydroxyl groups excluding tert-OH is 1. The van der Waals surface area contributed by atoms with E-state index in [-0.39, 0.29) is 0 Å². The van der Waals surface area contributed by atoms with E-state index < -0.39 is 16.2 Å². The van der Waals surface area contributed by atoms with Gasteiger partial charge in [0.05, 0.1) is 0 Å². The summed E-state index contributed by atoms with van der Waals surface area (Å²) in [5.41, 5.74) is 0. The maximum absolute atomic E-state index is 8.67. The molecule has 0 radical (unpaired) electrons. The van der Waals surface area contributed by atoms with Crippen LogP contribution in [0.25, 0.3) is 0 Å². The van der Waals surface area contributed by atoms with E-state index >= 15 is 0 Å². The summed E-state index contributed by atoms with van der Waals surface area (Å²) < 4.78 is 16.9. The first-order valence-electron chi connectivity index (χ1n) is 26.8. The zero-order valence-corrected chi connectivity index (χ0v) is 42.2. The number of rotatable bonds is 46. The summed E-state index contributed by atoms with van der Waals surface area (Å²) in [6.07, 6.45) is 67.8. The van der Waals surface area contributed by atoms with Gasteiger partial charge in [-0.15, -0.1) is 0 Å². The number of aliphatic hydroxyl groups is 1. The molecule has 3 nitrogen and oxygen atoms in total. The molecule has 0 rings (SSSR count). The van der Waals surface area contributed by atoms with Gasteiger partial charge in [0.15, 0.2) is 0 Å². The zero-order chi connectivity index (χ0) is 43.4. The van der Waals surface area contributed by atoms with E-state index in [2.05, 4.69) is 34.6 Å². The second-order valence-electron chi connectivity index (χ2n) is 17.7.